The highest BCUT2D eigenvalue weighted by Crippen LogP contribution is 2.14. The lowest BCUT2D eigenvalue weighted by molar-refractivity contribution is 0.273. The van der Waals surface area contributed by atoms with E-state index in [1.165, 1.54) is 30.9 Å². The molecule has 3 nitrogen and oxygen atoms in total. The maximum atomic E-state index is 3.54. The van der Waals surface area contributed by atoms with Gasteiger partial charge in [0.15, 0.2) is 0 Å². The predicted octanol–water partition coefficient (Wildman–Crippen LogP) is 1.76. The predicted molar refractivity (Wildman–Crippen MR) is 84.0 cm³/mol. The highest BCUT2D eigenvalue weighted by atomic mass is 32.1. The molecule has 0 radical (unpaired) electrons. The summed E-state index contributed by atoms with van der Waals surface area (Å²) in [5, 5.41) is 5.70. The Morgan fingerprint density at radius 1 is 1.47 bits per heavy atom. The Hall–Kier alpha value is -0.420. The van der Waals surface area contributed by atoms with Gasteiger partial charge in [-0.3, -0.25) is 0 Å². The van der Waals surface area contributed by atoms with Gasteiger partial charge in [0, 0.05) is 37.6 Å². The SMILES string of the molecule is CN(CCNCCc1cccs1)CC1CCN(C)C1. The molecule has 0 saturated carbocycles. The molecule has 1 aliphatic rings. The molecule has 1 unspecified atom stereocenters. The van der Waals surface area contributed by atoms with E-state index in [1.54, 1.807) is 0 Å². The van der Waals surface area contributed by atoms with Crippen LogP contribution in [0, 0.1) is 5.92 Å². The van der Waals surface area contributed by atoms with Gasteiger partial charge >= 0.3 is 0 Å². The van der Waals surface area contributed by atoms with E-state index in [0.717, 1.165) is 32.0 Å². The topological polar surface area (TPSA) is 18.5 Å². The highest BCUT2D eigenvalue weighted by Gasteiger charge is 2.20. The smallest absolute Gasteiger partial charge is 0.0104 e. The molecule has 1 fully saturated rings. The van der Waals surface area contributed by atoms with E-state index in [-0.39, 0.29) is 0 Å². The number of hydrogen-bond acceptors (Lipinski definition) is 4. The summed E-state index contributed by atoms with van der Waals surface area (Å²) >= 11 is 1.85. The average Bonchev–Trinajstić information content (AvgIpc) is 3.01. The van der Waals surface area contributed by atoms with E-state index in [9.17, 15) is 0 Å². The highest BCUT2D eigenvalue weighted by molar-refractivity contribution is 7.09. The van der Waals surface area contributed by atoms with E-state index >= 15 is 0 Å². The summed E-state index contributed by atoms with van der Waals surface area (Å²) in [4.78, 5) is 6.40. The molecule has 1 N–H and O–H groups in total. The molecule has 0 aliphatic carbocycles. The summed E-state index contributed by atoms with van der Waals surface area (Å²) in [7, 11) is 4.48. The molecule has 1 saturated heterocycles. The van der Waals surface area contributed by atoms with Crippen LogP contribution in [-0.4, -0.2) is 63.2 Å². The Kier molecular flexibility index (Phi) is 6.31. The Balaban J connectivity index is 1.48. The average molecular weight is 281 g/mol. The summed E-state index contributed by atoms with van der Waals surface area (Å²) < 4.78 is 0. The molecule has 1 atom stereocenters. The van der Waals surface area contributed by atoms with Crippen LogP contribution in [0.5, 0.6) is 0 Å². The number of thiophene rings is 1. The molecule has 19 heavy (non-hydrogen) atoms. The molecule has 0 spiro atoms. The van der Waals surface area contributed by atoms with Crippen molar-refractivity contribution in [3.63, 3.8) is 0 Å². The summed E-state index contributed by atoms with van der Waals surface area (Å²) in [6.45, 7) is 7.15. The molecule has 1 aromatic heterocycles. The number of nitrogens with one attached hydrogen (secondary N) is 1. The summed E-state index contributed by atoms with van der Waals surface area (Å²) in [5.41, 5.74) is 0. The van der Waals surface area contributed by atoms with Gasteiger partial charge in [-0.05, 0) is 50.8 Å². The van der Waals surface area contributed by atoms with Gasteiger partial charge in [-0.1, -0.05) is 6.07 Å². The lowest BCUT2D eigenvalue weighted by Gasteiger charge is -2.21. The van der Waals surface area contributed by atoms with Crippen LogP contribution in [-0.2, 0) is 6.42 Å². The van der Waals surface area contributed by atoms with E-state index in [4.69, 9.17) is 0 Å². The normalized spacial score (nSPS) is 20.5. The second-order valence-electron chi connectivity index (χ2n) is 5.76. The molecule has 0 amide bonds. The molecule has 2 heterocycles. The number of rotatable bonds is 8. The minimum absolute atomic E-state index is 0.876. The third kappa shape index (κ3) is 5.61. The van der Waals surface area contributed by atoms with Gasteiger partial charge in [-0.2, -0.15) is 0 Å². The first-order valence-electron chi connectivity index (χ1n) is 7.34. The van der Waals surface area contributed by atoms with Gasteiger partial charge < -0.3 is 15.1 Å². The fourth-order valence-electron chi connectivity index (χ4n) is 2.77. The summed E-state index contributed by atoms with van der Waals surface area (Å²) in [6.07, 6.45) is 2.53. The Morgan fingerprint density at radius 2 is 2.37 bits per heavy atom. The summed E-state index contributed by atoms with van der Waals surface area (Å²) in [6, 6.07) is 4.35. The quantitative estimate of drug-likeness (QED) is 0.733. The Bertz CT molecular complexity index is 339. The van der Waals surface area contributed by atoms with Gasteiger partial charge in [-0.15, -0.1) is 11.3 Å². The first-order valence-corrected chi connectivity index (χ1v) is 8.22. The number of nitrogens with zero attached hydrogens (tertiary/aromatic N) is 2. The van der Waals surface area contributed by atoms with Crippen LogP contribution in [0.4, 0.5) is 0 Å². The van der Waals surface area contributed by atoms with Gasteiger partial charge in [0.2, 0.25) is 0 Å². The number of likely N-dealkylation sites (N-methyl/N-ethyl adjacent to an activating group) is 1. The zero-order valence-corrected chi connectivity index (χ0v) is 13.1. The fourth-order valence-corrected chi connectivity index (χ4v) is 3.48. The van der Waals surface area contributed by atoms with Crippen LogP contribution >= 0.6 is 11.3 Å². The van der Waals surface area contributed by atoms with Crippen LogP contribution in [0.15, 0.2) is 17.5 Å². The second-order valence-corrected chi connectivity index (χ2v) is 6.79. The number of likely N-dealkylation sites (tertiary alicyclic amines) is 1. The Morgan fingerprint density at radius 3 is 3.05 bits per heavy atom. The van der Waals surface area contributed by atoms with Crippen molar-refractivity contribution in [2.75, 3.05) is 53.4 Å². The second kappa shape index (κ2) is 8.00. The maximum Gasteiger partial charge on any atom is 0.0104 e. The van der Waals surface area contributed by atoms with Crippen molar-refractivity contribution in [2.24, 2.45) is 5.92 Å². The van der Waals surface area contributed by atoms with Gasteiger partial charge in [0.25, 0.3) is 0 Å². The maximum absolute atomic E-state index is 3.54. The van der Waals surface area contributed by atoms with Gasteiger partial charge in [-0.25, -0.2) is 0 Å². The van der Waals surface area contributed by atoms with Crippen molar-refractivity contribution in [3.8, 4) is 0 Å². The van der Waals surface area contributed by atoms with Crippen LogP contribution in [0.25, 0.3) is 0 Å². The van der Waals surface area contributed by atoms with Gasteiger partial charge in [0.1, 0.15) is 0 Å². The van der Waals surface area contributed by atoms with E-state index < -0.39 is 0 Å². The minimum atomic E-state index is 0.876. The first-order chi connectivity index (χ1) is 9.24. The van der Waals surface area contributed by atoms with Crippen LogP contribution < -0.4 is 5.32 Å². The van der Waals surface area contributed by atoms with Crippen molar-refractivity contribution in [1.29, 1.82) is 0 Å². The number of hydrogen-bond donors (Lipinski definition) is 1. The van der Waals surface area contributed by atoms with Crippen molar-refractivity contribution >= 4 is 11.3 Å². The van der Waals surface area contributed by atoms with E-state index in [2.05, 4.69) is 46.7 Å². The molecular formula is C15H27N3S. The van der Waals surface area contributed by atoms with Crippen molar-refractivity contribution < 1.29 is 0 Å². The standard InChI is InChI=1S/C15H27N3S/c1-17-9-6-14(12-17)13-18(2)10-8-16-7-5-15-4-3-11-19-15/h3-4,11,14,16H,5-10,12-13H2,1-2H3. The molecule has 0 aromatic carbocycles. The lowest BCUT2D eigenvalue weighted by atomic mass is 10.1. The van der Waals surface area contributed by atoms with Crippen molar-refractivity contribution in [1.82, 2.24) is 15.1 Å². The zero-order chi connectivity index (χ0) is 13.5. The van der Waals surface area contributed by atoms with Crippen LogP contribution in [0.2, 0.25) is 0 Å². The molecule has 2 rings (SSSR count). The monoisotopic (exact) mass is 281 g/mol. The molecular weight excluding hydrogens is 254 g/mol. The lowest BCUT2D eigenvalue weighted by Crippen LogP contribution is -2.34. The fraction of sp³-hybridized carbons (Fsp3) is 0.733. The van der Waals surface area contributed by atoms with Crippen LogP contribution in [0.3, 0.4) is 0 Å². The van der Waals surface area contributed by atoms with Crippen molar-refractivity contribution in [2.45, 2.75) is 12.8 Å². The first kappa shape index (κ1) is 15.0. The van der Waals surface area contributed by atoms with E-state index in [1.807, 2.05) is 11.3 Å². The molecule has 1 aliphatic heterocycles. The zero-order valence-electron chi connectivity index (χ0n) is 12.3. The third-order valence-electron chi connectivity index (χ3n) is 3.86. The molecule has 0 bridgehead atoms. The molecule has 1 aromatic rings. The third-order valence-corrected chi connectivity index (χ3v) is 4.79. The Labute approximate surface area is 121 Å². The minimum Gasteiger partial charge on any atom is -0.315 e. The van der Waals surface area contributed by atoms with Crippen LogP contribution in [0.1, 0.15) is 11.3 Å². The van der Waals surface area contributed by atoms with E-state index in [0.29, 0.717) is 0 Å². The largest absolute Gasteiger partial charge is 0.315 e. The molecule has 4 heteroatoms. The summed E-state index contributed by atoms with van der Waals surface area (Å²) in [5.74, 6) is 0.876. The van der Waals surface area contributed by atoms with Gasteiger partial charge in [0.05, 0.1) is 0 Å². The van der Waals surface area contributed by atoms with Crippen molar-refractivity contribution in [3.05, 3.63) is 22.4 Å². The molecule has 108 valence electrons.